The minimum Gasteiger partial charge on any atom is -0.369 e. The number of hydrogen-bond acceptors (Lipinski definition) is 8. The van der Waals surface area contributed by atoms with Crippen LogP contribution in [0.4, 0.5) is 5.95 Å². The molecule has 2 unspecified atom stereocenters. The lowest BCUT2D eigenvalue weighted by Crippen LogP contribution is -2.22. The maximum absolute atomic E-state index is 11.9. The van der Waals surface area contributed by atoms with E-state index >= 15 is 0 Å². The lowest BCUT2D eigenvalue weighted by atomic mass is 10.1. The van der Waals surface area contributed by atoms with Crippen LogP contribution in [0.15, 0.2) is 11.1 Å². The van der Waals surface area contributed by atoms with Crippen molar-refractivity contribution < 1.29 is 18.7 Å². The van der Waals surface area contributed by atoms with Crippen molar-refractivity contribution in [3.8, 4) is 0 Å². The summed E-state index contributed by atoms with van der Waals surface area (Å²) in [5.74, 6) is -0.00247. The molecule has 3 rings (SSSR count). The molecule has 0 spiro atoms. The number of rotatable bonds is 5. The number of imidazole rings is 1. The highest BCUT2D eigenvalue weighted by atomic mass is 32.5. The second-order valence-electron chi connectivity index (χ2n) is 5.34. The van der Waals surface area contributed by atoms with Gasteiger partial charge in [-0.25, -0.2) is 4.98 Å². The lowest BCUT2D eigenvalue weighted by Gasteiger charge is -2.21. The van der Waals surface area contributed by atoms with E-state index in [1.807, 2.05) is 6.92 Å². The minimum atomic E-state index is -3.30. The highest BCUT2D eigenvalue weighted by Crippen LogP contribution is 2.48. The number of aromatic nitrogens is 4. The van der Waals surface area contributed by atoms with Crippen LogP contribution in [0.25, 0.3) is 11.2 Å². The summed E-state index contributed by atoms with van der Waals surface area (Å²) >= 11 is 4.91. The Bertz CT molecular complexity index is 854. The van der Waals surface area contributed by atoms with Gasteiger partial charge in [0.25, 0.3) is 5.56 Å². The Morgan fingerprint density at radius 3 is 3.08 bits per heavy atom. The van der Waals surface area contributed by atoms with Crippen molar-refractivity contribution in [2.75, 3.05) is 12.8 Å². The average molecular weight is 375 g/mol. The monoisotopic (exact) mass is 375 g/mol. The minimum absolute atomic E-state index is 0.00247. The van der Waals surface area contributed by atoms with Crippen molar-refractivity contribution in [1.82, 2.24) is 19.5 Å². The molecule has 1 aliphatic rings. The van der Waals surface area contributed by atoms with Crippen LogP contribution in [0.1, 0.15) is 26.0 Å². The van der Waals surface area contributed by atoms with Crippen molar-refractivity contribution in [2.24, 2.45) is 0 Å². The number of ether oxygens (including phenoxy) is 1. The number of H-pyrrole nitrogens is 1. The molecule has 3 heterocycles. The van der Waals surface area contributed by atoms with E-state index in [0.29, 0.717) is 18.5 Å². The third-order valence-corrected chi connectivity index (χ3v) is 5.55. The summed E-state index contributed by atoms with van der Waals surface area (Å²) in [7, 11) is 1.30. The Morgan fingerprint density at radius 2 is 2.42 bits per heavy atom. The first-order valence-electron chi connectivity index (χ1n) is 7.29. The number of hydrogen-bond donors (Lipinski definition) is 3. The Morgan fingerprint density at radius 1 is 1.67 bits per heavy atom. The molecule has 2 aromatic rings. The van der Waals surface area contributed by atoms with E-state index in [1.54, 1.807) is 4.57 Å². The van der Waals surface area contributed by atoms with Gasteiger partial charge < -0.3 is 24.4 Å². The van der Waals surface area contributed by atoms with Gasteiger partial charge >= 0.3 is 6.72 Å². The Hall–Kier alpha value is -1.36. The first-order valence-corrected chi connectivity index (χ1v) is 9.88. The van der Waals surface area contributed by atoms with Gasteiger partial charge in [-0.15, -0.1) is 0 Å². The zero-order chi connectivity index (χ0) is 17.5. The summed E-state index contributed by atoms with van der Waals surface area (Å²) in [5, 5.41) is 0. The van der Waals surface area contributed by atoms with Crippen molar-refractivity contribution in [3.63, 3.8) is 0 Å². The number of nitrogens with two attached hydrogens (primary N) is 1. The van der Waals surface area contributed by atoms with Crippen molar-refractivity contribution in [3.05, 3.63) is 16.7 Å². The number of nitrogen functional groups attached to an aromatic ring is 1. The topological polar surface area (TPSA) is 138 Å². The van der Waals surface area contributed by atoms with Gasteiger partial charge in [0, 0.05) is 13.5 Å². The van der Waals surface area contributed by atoms with Crippen LogP contribution in [0.3, 0.4) is 0 Å². The summed E-state index contributed by atoms with van der Waals surface area (Å²) in [6.45, 7) is -1.37. The van der Waals surface area contributed by atoms with E-state index in [9.17, 15) is 9.69 Å². The molecule has 0 aromatic carbocycles. The molecule has 0 radical (unpaired) electrons. The summed E-state index contributed by atoms with van der Waals surface area (Å²) < 4.78 is 17.9. The molecule has 1 fully saturated rings. The molecule has 1 aliphatic heterocycles. The summed E-state index contributed by atoms with van der Waals surface area (Å²) in [5.41, 5.74) is 5.69. The summed E-state index contributed by atoms with van der Waals surface area (Å²) in [6, 6.07) is 0. The van der Waals surface area contributed by atoms with Gasteiger partial charge in [0.1, 0.15) is 6.23 Å². The smallest absolute Gasteiger partial charge is 0.324 e. The van der Waals surface area contributed by atoms with Gasteiger partial charge in [-0.2, -0.15) is 4.98 Å². The maximum atomic E-state index is 11.9. The number of nitrogens with one attached hydrogen (secondary N) is 1. The Kier molecular flexibility index (Phi) is 4.73. The van der Waals surface area contributed by atoms with Crippen LogP contribution in [0.2, 0.25) is 0 Å². The highest BCUT2D eigenvalue weighted by molar-refractivity contribution is 8.07. The second kappa shape index (κ2) is 6.51. The fraction of sp³-hybridized carbons (Fsp3) is 0.583. The predicted molar refractivity (Wildman–Crippen MR) is 89.8 cm³/mol. The predicted octanol–water partition coefficient (Wildman–Crippen LogP) is 0.648. The van der Waals surface area contributed by atoms with Gasteiger partial charge in [0.05, 0.1) is 18.5 Å². The van der Waals surface area contributed by atoms with Crippen LogP contribution in [-0.4, -0.2) is 43.7 Å². The third-order valence-electron chi connectivity index (χ3n) is 3.84. The molecule has 132 valence electrons. The van der Waals surface area contributed by atoms with E-state index in [1.165, 1.54) is 13.4 Å². The van der Waals surface area contributed by atoms with Gasteiger partial charge in [-0.1, -0.05) is 6.92 Å². The molecule has 4 N–H and O–H groups in total. The van der Waals surface area contributed by atoms with Crippen LogP contribution in [-0.2, 0) is 25.6 Å². The van der Waals surface area contributed by atoms with E-state index in [-0.39, 0.29) is 17.6 Å². The number of aromatic amines is 1. The van der Waals surface area contributed by atoms with Crippen LogP contribution < -0.4 is 11.3 Å². The third kappa shape index (κ3) is 3.23. The second-order valence-corrected chi connectivity index (χ2v) is 8.24. The molecule has 0 aliphatic carbocycles. The maximum Gasteiger partial charge on any atom is 0.324 e. The zero-order valence-corrected chi connectivity index (χ0v) is 14.8. The molecule has 0 saturated carbocycles. The van der Waals surface area contributed by atoms with E-state index in [4.69, 9.17) is 31.3 Å². The van der Waals surface area contributed by atoms with Gasteiger partial charge in [-0.3, -0.25) is 14.3 Å². The molecular formula is C12H18N5O5PS. The Labute approximate surface area is 142 Å². The molecule has 24 heavy (non-hydrogen) atoms. The van der Waals surface area contributed by atoms with Crippen LogP contribution >= 0.6 is 6.72 Å². The van der Waals surface area contributed by atoms with E-state index < -0.39 is 24.6 Å². The SMILES string of the molecule is CC[C@H]1OC(n2cnc3c(=O)[nH]c(N)nc32)C[C@H]1OP(O)(=S)OC. The van der Waals surface area contributed by atoms with Gasteiger partial charge in [0.15, 0.2) is 11.2 Å². The van der Waals surface area contributed by atoms with E-state index in [0.717, 1.165) is 0 Å². The van der Waals surface area contributed by atoms with Crippen molar-refractivity contribution >= 4 is 35.6 Å². The molecular weight excluding hydrogens is 357 g/mol. The molecule has 12 heteroatoms. The quantitative estimate of drug-likeness (QED) is 0.643. The molecule has 0 bridgehead atoms. The van der Waals surface area contributed by atoms with E-state index in [2.05, 4.69) is 15.0 Å². The molecule has 1 saturated heterocycles. The van der Waals surface area contributed by atoms with Crippen LogP contribution in [0.5, 0.6) is 0 Å². The largest absolute Gasteiger partial charge is 0.369 e. The summed E-state index contributed by atoms with van der Waals surface area (Å²) in [6.07, 6.45) is 1.34. The first-order chi connectivity index (χ1) is 11.3. The Balaban J connectivity index is 1.91. The molecule has 4 atom stereocenters. The normalized spacial score (nSPS) is 26.7. The number of anilines is 1. The van der Waals surface area contributed by atoms with Gasteiger partial charge in [0.2, 0.25) is 5.95 Å². The average Bonchev–Trinajstić information content (AvgIpc) is 3.10. The highest BCUT2D eigenvalue weighted by Gasteiger charge is 2.39. The fourth-order valence-electron chi connectivity index (χ4n) is 2.71. The standard InChI is InChI=1S/C12H18N5O5PS/c1-3-6-7(22-23(19,24)20-2)4-8(21-6)17-5-14-9-10(17)15-12(13)16-11(9)18/h5-8H,3-4H2,1-2H3,(H,19,24)(H3,13,15,16,18)/t6-,7-,8?,23?/m1/s1. The molecule has 2 aromatic heterocycles. The fourth-order valence-corrected chi connectivity index (χ4v) is 3.69. The van der Waals surface area contributed by atoms with Gasteiger partial charge in [-0.05, 0) is 18.2 Å². The van der Waals surface area contributed by atoms with Crippen LogP contribution in [0, 0.1) is 0 Å². The van der Waals surface area contributed by atoms with Crippen molar-refractivity contribution in [1.29, 1.82) is 0 Å². The number of nitrogens with zero attached hydrogens (tertiary/aromatic N) is 3. The molecule has 0 amide bonds. The molecule has 10 nitrogen and oxygen atoms in total. The lowest BCUT2D eigenvalue weighted by molar-refractivity contribution is -0.0163. The first kappa shape index (κ1) is 17.5. The zero-order valence-electron chi connectivity index (χ0n) is 13.1. The van der Waals surface area contributed by atoms with Crippen molar-refractivity contribution in [2.45, 2.75) is 38.2 Å². The summed E-state index contributed by atoms with van der Waals surface area (Å²) in [4.78, 5) is 32.3. The number of fused-ring (bicyclic) bond motifs is 1.